The second kappa shape index (κ2) is 3.67. The van der Waals surface area contributed by atoms with Gasteiger partial charge in [0.2, 0.25) is 11.8 Å². The number of rotatable bonds is 3. The third-order valence-corrected chi connectivity index (χ3v) is 5.11. The Balaban J connectivity index is 1.97. The summed E-state index contributed by atoms with van der Waals surface area (Å²) >= 11 is 0. The molecule has 5 atom stereocenters. The largest absolute Gasteiger partial charge is 0.394 e. The van der Waals surface area contributed by atoms with Crippen molar-refractivity contribution in [1.82, 2.24) is 4.90 Å². The van der Waals surface area contributed by atoms with E-state index in [9.17, 15) is 14.7 Å². The standard InChI is InChI=1S/C14H19NO3/c1-3-14(2,7-16)15-12(17)10-8-4-5-9(6-8)11(10)13(15)18/h4-5,8-11,16H,3,6-7H2,1-2H3. The molecule has 2 fully saturated rings. The number of aliphatic hydroxyl groups excluding tert-OH is 1. The zero-order chi connectivity index (χ0) is 13.1. The van der Waals surface area contributed by atoms with Crippen molar-refractivity contribution >= 4 is 11.8 Å². The van der Waals surface area contributed by atoms with Crippen LogP contribution in [0.4, 0.5) is 0 Å². The van der Waals surface area contributed by atoms with Gasteiger partial charge >= 0.3 is 0 Å². The number of carbonyl (C=O) groups excluding carboxylic acids is 2. The number of hydrogen-bond donors (Lipinski definition) is 1. The molecule has 1 heterocycles. The normalized spacial score (nSPS) is 40.5. The van der Waals surface area contributed by atoms with Crippen molar-refractivity contribution in [2.24, 2.45) is 23.7 Å². The van der Waals surface area contributed by atoms with Gasteiger partial charge in [0.15, 0.2) is 0 Å². The van der Waals surface area contributed by atoms with Crippen LogP contribution in [-0.2, 0) is 9.59 Å². The molecule has 3 rings (SSSR count). The molecule has 0 aromatic rings. The van der Waals surface area contributed by atoms with Gasteiger partial charge < -0.3 is 5.11 Å². The fourth-order valence-electron chi connectivity index (χ4n) is 3.78. The Hall–Kier alpha value is -1.16. The lowest BCUT2D eigenvalue weighted by molar-refractivity contribution is -0.149. The van der Waals surface area contributed by atoms with Gasteiger partial charge in [-0.05, 0) is 31.6 Å². The first-order valence-corrected chi connectivity index (χ1v) is 6.70. The summed E-state index contributed by atoms with van der Waals surface area (Å²) in [5, 5.41) is 9.53. The lowest BCUT2D eigenvalue weighted by Crippen LogP contribution is -2.53. The molecule has 98 valence electrons. The van der Waals surface area contributed by atoms with Crippen molar-refractivity contribution < 1.29 is 14.7 Å². The molecule has 5 unspecified atom stereocenters. The van der Waals surface area contributed by atoms with Crippen LogP contribution in [0.2, 0.25) is 0 Å². The molecule has 1 N–H and O–H groups in total. The van der Waals surface area contributed by atoms with Gasteiger partial charge in [-0.2, -0.15) is 0 Å². The number of fused-ring (bicyclic) bond motifs is 5. The van der Waals surface area contributed by atoms with Crippen LogP contribution in [0.25, 0.3) is 0 Å². The molecule has 1 saturated carbocycles. The van der Waals surface area contributed by atoms with E-state index in [1.807, 2.05) is 6.92 Å². The van der Waals surface area contributed by atoms with E-state index in [1.54, 1.807) is 6.92 Å². The van der Waals surface area contributed by atoms with Crippen LogP contribution in [0.5, 0.6) is 0 Å². The van der Waals surface area contributed by atoms with E-state index in [4.69, 9.17) is 0 Å². The average molecular weight is 249 g/mol. The van der Waals surface area contributed by atoms with Crippen molar-refractivity contribution in [2.45, 2.75) is 32.2 Å². The summed E-state index contributed by atoms with van der Waals surface area (Å²) in [7, 11) is 0. The van der Waals surface area contributed by atoms with Gasteiger partial charge in [-0.3, -0.25) is 14.5 Å². The van der Waals surface area contributed by atoms with Crippen molar-refractivity contribution in [3.05, 3.63) is 12.2 Å². The highest BCUT2D eigenvalue weighted by atomic mass is 16.3. The number of carbonyl (C=O) groups is 2. The van der Waals surface area contributed by atoms with E-state index in [-0.39, 0.29) is 42.1 Å². The first-order valence-electron chi connectivity index (χ1n) is 6.70. The number of allylic oxidation sites excluding steroid dienone is 2. The summed E-state index contributed by atoms with van der Waals surface area (Å²) in [6, 6.07) is 0. The molecule has 2 amide bonds. The van der Waals surface area contributed by atoms with E-state index in [2.05, 4.69) is 12.2 Å². The maximum atomic E-state index is 12.5. The summed E-state index contributed by atoms with van der Waals surface area (Å²) in [5.74, 6) is 0.0119. The maximum absolute atomic E-state index is 12.5. The second-order valence-corrected chi connectivity index (χ2v) is 6.02. The summed E-state index contributed by atoms with van der Waals surface area (Å²) in [6.07, 6.45) is 5.71. The second-order valence-electron chi connectivity index (χ2n) is 6.02. The third kappa shape index (κ3) is 1.24. The van der Waals surface area contributed by atoms with E-state index in [0.29, 0.717) is 6.42 Å². The Morgan fingerprint density at radius 3 is 2.17 bits per heavy atom. The van der Waals surface area contributed by atoms with Crippen LogP contribution in [0.1, 0.15) is 26.7 Å². The van der Waals surface area contributed by atoms with Gasteiger partial charge in [0, 0.05) is 0 Å². The topological polar surface area (TPSA) is 57.6 Å². The van der Waals surface area contributed by atoms with Crippen LogP contribution in [0, 0.1) is 23.7 Å². The van der Waals surface area contributed by atoms with Gasteiger partial charge in [0.05, 0.1) is 24.0 Å². The Morgan fingerprint density at radius 2 is 1.78 bits per heavy atom. The molecule has 4 nitrogen and oxygen atoms in total. The third-order valence-electron chi connectivity index (χ3n) is 5.11. The van der Waals surface area contributed by atoms with Gasteiger partial charge in [-0.15, -0.1) is 0 Å². The number of nitrogens with zero attached hydrogens (tertiary/aromatic N) is 1. The molecule has 0 radical (unpaired) electrons. The van der Waals surface area contributed by atoms with Gasteiger partial charge in [0.25, 0.3) is 0 Å². The summed E-state index contributed by atoms with van der Waals surface area (Å²) in [6.45, 7) is 3.53. The first-order chi connectivity index (χ1) is 8.53. The number of amides is 2. The molecule has 2 bridgehead atoms. The molecule has 0 aromatic carbocycles. The van der Waals surface area contributed by atoms with Crippen LogP contribution in [-0.4, -0.2) is 34.0 Å². The first kappa shape index (κ1) is 11.9. The fraction of sp³-hybridized carbons (Fsp3) is 0.714. The Bertz CT molecular complexity index is 408. The minimum absolute atomic E-state index is 0.0692. The summed E-state index contributed by atoms with van der Waals surface area (Å²) in [5.41, 5.74) is -0.738. The smallest absolute Gasteiger partial charge is 0.234 e. The molecular weight excluding hydrogens is 230 g/mol. The fourth-order valence-corrected chi connectivity index (χ4v) is 3.78. The molecule has 18 heavy (non-hydrogen) atoms. The van der Waals surface area contributed by atoms with Crippen LogP contribution >= 0.6 is 0 Å². The van der Waals surface area contributed by atoms with Gasteiger partial charge in [-0.1, -0.05) is 19.1 Å². The Kier molecular flexibility index (Phi) is 2.43. The van der Waals surface area contributed by atoms with E-state index in [0.717, 1.165) is 6.42 Å². The highest BCUT2D eigenvalue weighted by Gasteiger charge is 2.61. The minimum Gasteiger partial charge on any atom is -0.394 e. The van der Waals surface area contributed by atoms with Crippen molar-refractivity contribution in [3.63, 3.8) is 0 Å². The number of likely N-dealkylation sites (tertiary alicyclic amines) is 1. The average Bonchev–Trinajstić information content (AvgIpc) is 3.03. The summed E-state index contributed by atoms with van der Waals surface area (Å²) in [4.78, 5) is 26.4. The highest BCUT2D eigenvalue weighted by Crippen LogP contribution is 2.53. The number of hydrogen-bond acceptors (Lipinski definition) is 3. The highest BCUT2D eigenvalue weighted by molar-refractivity contribution is 6.07. The van der Waals surface area contributed by atoms with Gasteiger partial charge in [0.1, 0.15) is 0 Å². The lowest BCUT2D eigenvalue weighted by atomic mass is 9.85. The maximum Gasteiger partial charge on any atom is 0.234 e. The number of imide groups is 1. The zero-order valence-electron chi connectivity index (χ0n) is 10.8. The summed E-state index contributed by atoms with van der Waals surface area (Å²) < 4.78 is 0. The number of aliphatic hydroxyl groups is 1. The lowest BCUT2D eigenvalue weighted by Gasteiger charge is -2.35. The monoisotopic (exact) mass is 249 g/mol. The SMILES string of the molecule is CCC(C)(CO)N1C(=O)C2C3C=CC(C3)C2C1=O. The van der Waals surface area contributed by atoms with E-state index >= 15 is 0 Å². The molecule has 3 aliphatic rings. The molecule has 1 saturated heterocycles. The molecule has 0 aromatic heterocycles. The zero-order valence-corrected chi connectivity index (χ0v) is 10.8. The Labute approximate surface area is 107 Å². The molecule has 4 heteroatoms. The van der Waals surface area contributed by atoms with Crippen LogP contribution in [0.3, 0.4) is 0 Å². The van der Waals surface area contributed by atoms with Crippen molar-refractivity contribution in [1.29, 1.82) is 0 Å². The predicted octanol–water partition coefficient (Wildman–Crippen LogP) is 0.955. The van der Waals surface area contributed by atoms with E-state index in [1.165, 1.54) is 4.90 Å². The quantitative estimate of drug-likeness (QED) is 0.598. The van der Waals surface area contributed by atoms with Crippen LogP contribution in [0.15, 0.2) is 12.2 Å². The molecule has 1 aliphatic heterocycles. The van der Waals surface area contributed by atoms with Gasteiger partial charge in [-0.25, -0.2) is 0 Å². The molecule has 2 aliphatic carbocycles. The molecular formula is C14H19NO3. The van der Waals surface area contributed by atoms with E-state index < -0.39 is 5.54 Å². The van der Waals surface area contributed by atoms with Crippen molar-refractivity contribution in [3.8, 4) is 0 Å². The van der Waals surface area contributed by atoms with Crippen molar-refractivity contribution in [2.75, 3.05) is 6.61 Å². The minimum atomic E-state index is -0.738. The Morgan fingerprint density at radius 1 is 1.28 bits per heavy atom. The molecule has 0 spiro atoms. The predicted molar refractivity (Wildman–Crippen MR) is 65.4 cm³/mol. The van der Waals surface area contributed by atoms with Crippen LogP contribution < -0.4 is 0 Å².